The zero-order valence-electron chi connectivity index (χ0n) is 20.6. The molecular weight excluding hydrogens is 521 g/mol. The van der Waals surface area contributed by atoms with E-state index in [4.69, 9.17) is 11.6 Å². The maximum Gasteiger partial charge on any atom is 0.451 e. The lowest BCUT2D eigenvalue weighted by atomic mass is 10.1. The number of benzene rings is 2. The summed E-state index contributed by atoms with van der Waals surface area (Å²) in [5.74, 6) is -1.42. The number of nitrogens with one attached hydrogen (secondary N) is 1. The molecule has 1 N–H and O–H groups in total. The SMILES string of the molecule is CNC(=O)c1ccc2nc(C(F)(F)F)nc(N3CC[C@H](N4CCN(C(=O)c5ccc(Cl)cc5)CC4)C3)c2c1. The Kier molecular flexibility index (Phi) is 7.15. The van der Waals surface area contributed by atoms with Crippen molar-refractivity contribution in [1.29, 1.82) is 0 Å². The quantitative estimate of drug-likeness (QED) is 0.537. The second-order valence-corrected chi connectivity index (χ2v) is 9.84. The van der Waals surface area contributed by atoms with E-state index < -0.39 is 12.0 Å². The van der Waals surface area contributed by atoms with E-state index in [0.717, 1.165) is 6.42 Å². The lowest BCUT2D eigenvalue weighted by molar-refractivity contribution is -0.144. The topological polar surface area (TPSA) is 81.7 Å². The summed E-state index contributed by atoms with van der Waals surface area (Å²) in [7, 11) is 1.49. The molecule has 0 radical (unpaired) electrons. The zero-order chi connectivity index (χ0) is 27.0. The molecule has 12 heteroatoms. The molecule has 38 heavy (non-hydrogen) atoms. The summed E-state index contributed by atoms with van der Waals surface area (Å²) in [6.07, 6.45) is -3.96. The fourth-order valence-corrected chi connectivity index (χ4v) is 5.19. The van der Waals surface area contributed by atoms with Crippen LogP contribution in [0.4, 0.5) is 19.0 Å². The van der Waals surface area contributed by atoms with Gasteiger partial charge in [-0.3, -0.25) is 14.5 Å². The number of amides is 2. The van der Waals surface area contributed by atoms with Crippen LogP contribution < -0.4 is 10.2 Å². The Morgan fingerprint density at radius 1 is 0.974 bits per heavy atom. The number of rotatable bonds is 4. The van der Waals surface area contributed by atoms with Gasteiger partial charge >= 0.3 is 6.18 Å². The van der Waals surface area contributed by atoms with Gasteiger partial charge in [-0.25, -0.2) is 9.97 Å². The molecule has 3 aromatic rings. The van der Waals surface area contributed by atoms with Crippen molar-refractivity contribution in [3.8, 4) is 0 Å². The van der Waals surface area contributed by atoms with E-state index >= 15 is 0 Å². The van der Waals surface area contributed by atoms with E-state index in [1.165, 1.54) is 25.2 Å². The molecular formula is C26H26ClF3N6O2. The van der Waals surface area contributed by atoms with Gasteiger partial charge in [-0.05, 0) is 48.9 Å². The van der Waals surface area contributed by atoms with Crippen molar-refractivity contribution in [2.75, 3.05) is 51.2 Å². The first-order valence-electron chi connectivity index (χ1n) is 12.3. The van der Waals surface area contributed by atoms with Crippen molar-refractivity contribution in [2.45, 2.75) is 18.6 Å². The highest BCUT2D eigenvalue weighted by atomic mass is 35.5. The van der Waals surface area contributed by atoms with E-state index in [-0.39, 0.29) is 29.2 Å². The standard InChI is InChI=1S/C26H26ClF3N6O2/c1-31-23(37)17-4-7-21-20(14-17)22(33-25(32-21)26(28,29)30)36-9-8-19(15-36)34-10-12-35(13-11-34)24(38)16-2-5-18(27)6-3-16/h2-7,14,19H,8-13,15H2,1H3,(H,31,37)/t19-/m0/s1. The highest BCUT2D eigenvalue weighted by Crippen LogP contribution is 2.34. The van der Waals surface area contributed by atoms with Gasteiger partial charge in [0.15, 0.2) is 0 Å². The van der Waals surface area contributed by atoms with E-state index in [9.17, 15) is 22.8 Å². The largest absolute Gasteiger partial charge is 0.451 e. The Bertz CT molecular complexity index is 1360. The molecule has 0 aliphatic carbocycles. The van der Waals surface area contributed by atoms with Crippen molar-refractivity contribution in [3.05, 3.63) is 64.4 Å². The average Bonchev–Trinajstić information content (AvgIpc) is 3.41. The molecule has 5 rings (SSSR count). The Morgan fingerprint density at radius 2 is 1.66 bits per heavy atom. The Balaban J connectivity index is 1.32. The number of alkyl halides is 3. The number of hydrogen-bond donors (Lipinski definition) is 1. The molecule has 0 bridgehead atoms. The first kappa shape index (κ1) is 26.2. The van der Waals surface area contributed by atoms with Crippen LogP contribution in [0, 0.1) is 0 Å². The van der Waals surface area contributed by atoms with E-state index in [1.807, 2.05) is 4.90 Å². The van der Waals surface area contributed by atoms with Crippen LogP contribution in [0.1, 0.15) is 33.0 Å². The number of piperazine rings is 1. The third kappa shape index (κ3) is 5.25. The summed E-state index contributed by atoms with van der Waals surface area (Å²) in [5, 5.41) is 3.50. The minimum atomic E-state index is -4.70. The number of anilines is 1. The first-order valence-corrected chi connectivity index (χ1v) is 12.7. The van der Waals surface area contributed by atoms with E-state index in [0.29, 0.717) is 60.8 Å². The highest BCUT2D eigenvalue weighted by molar-refractivity contribution is 6.30. The monoisotopic (exact) mass is 546 g/mol. The van der Waals surface area contributed by atoms with Crippen LogP contribution in [0.25, 0.3) is 10.9 Å². The third-order valence-electron chi connectivity index (χ3n) is 7.09. The van der Waals surface area contributed by atoms with Crippen molar-refractivity contribution < 1.29 is 22.8 Å². The normalized spacial score (nSPS) is 18.7. The maximum absolute atomic E-state index is 13.6. The van der Waals surface area contributed by atoms with Gasteiger partial charge in [0.1, 0.15) is 5.82 Å². The van der Waals surface area contributed by atoms with Gasteiger partial charge in [-0.1, -0.05) is 11.6 Å². The fourth-order valence-electron chi connectivity index (χ4n) is 5.06. The van der Waals surface area contributed by atoms with Crippen LogP contribution in [0.5, 0.6) is 0 Å². The minimum Gasteiger partial charge on any atom is -0.355 e. The number of carbonyl (C=O) groups excluding carboxylic acids is 2. The molecule has 8 nitrogen and oxygen atoms in total. The summed E-state index contributed by atoms with van der Waals surface area (Å²) in [4.78, 5) is 38.5. The van der Waals surface area contributed by atoms with Crippen molar-refractivity contribution in [3.63, 3.8) is 0 Å². The van der Waals surface area contributed by atoms with E-state index in [1.54, 1.807) is 29.2 Å². The summed E-state index contributed by atoms with van der Waals surface area (Å²) in [5.41, 5.74) is 1.04. The number of fused-ring (bicyclic) bond motifs is 1. The van der Waals surface area contributed by atoms with Gasteiger partial charge in [-0.15, -0.1) is 0 Å². The summed E-state index contributed by atoms with van der Waals surface area (Å²) in [6, 6.07) is 11.3. The summed E-state index contributed by atoms with van der Waals surface area (Å²) >= 11 is 5.92. The average molecular weight is 547 g/mol. The Hall–Kier alpha value is -3.44. The zero-order valence-corrected chi connectivity index (χ0v) is 21.4. The van der Waals surface area contributed by atoms with Crippen LogP contribution in [0.3, 0.4) is 0 Å². The molecule has 1 aromatic heterocycles. The van der Waals surface area contributed by atoms with Crippen molar-refractivity contribution >= 4 is 40.1 Å². The number of aromatic nitrogens is 2. The molecule has 2 aliphatic heterocycles. The molecule has 0 spiro atoms. The number of hydrogen-bond acceptors (Lipinski definition) is 6. The van der Waals surface area contributed by atoms with Gasteiger partial charge in [0, 0.05) is 73.9 Å². The van der Waals surface area contributed by atoms with Crippen LogP contribution in [-0.4, -0.2) is 83.9 Å². The van der Waals surface area contributed by atoms with Gasteiger partial charge in [0.2, 0.25) is 5.82 Å². The van der Waals surface area contributed by atoms with E-state index in [2.05, 4.69) is 20.2 Å². The molecule has 3 heterocycles. The summed E-state index contributed by atoms with van der Waals surface area (Å²) < 4.78 is 40.8. The predicted octanol–water partition coefficient (Wildman–Crippen LogP) is 3.70. The minimum absolute atomic E-state index is 0.0478. The third-order valence-corrected chi connectivity index (χ3v) is 7.34. The number of nitrogens with zero attached hydrogens (tertiary/aromatic N) is 5. The second kappa shape index (κ2) is 10.4. The molecule has 2 aliphatic rings. The smallest absolute Gasteiger partial charge is 0.355 e. The molecule has 1 atom stereocenters. The Labute approximate surface area is 222 Å². The number of carbonyl (C=O) groups is 2. The van der Waals surface area contributed by atoms with Gasteiger partial charge in [0.05, 0.1) is 5.52 Å². The van der Waals surface area contributed by atoms with Crippen molar-refractivity contribution in [2.24, 2.45) is 0 Å². The lowest BCUT2D eigenvalue weighted by Gasteiger charge is -2.38. The molecule has 0 saturated carbocycles. The molecule has 2 amide bonds. The van der Waals surface area contributed by atoms with Crippen LogP contribution >= 0.6 is 11.6 Å². The fraction of sp³-hybridized carbons (Fsp3) is 0.385. The second-order valence-electron chi connectivity index (χ2n) is 9.40. The summed E-state index contributed by atoms with van der Waals surface area (Å²) in [6.45, 7) is 3.44. The van der Waals surface area contributed by atoms with Gasteiger partial charge in [0.25, 0.3) is 11.8 Å². The first-order chi connectivity index (χ1) is 18.1. The maximum atomic E-state index is 13.6. The van der Waals surface area contributed by atoms with Crippen LogP contribution in [0.15, 0.2) is 42.5 Å². The molecule has 2 fully saturated rings. The van der Waals surface area contributed by atoms with Crippen LogP contribution in [-0.2, 0) is 6.18 Å². The predicted molar refractivity (Wildman–Crippen MR) is 137 cm³/mol. The Morgan fingerprint density at radius 3 is 2.32 bits per heavy atom. The van der Waals surface area contributed by atoms with Crippen molar-refractivity contribution in [1.82, 2.24) is 25.1 Å². The molecule has 0 unspecified atom stereocenters. The molecule has 2 aromatic carbocycles. The van der Waals surface area contributed by atoms with Gasteiger partial charge in [-0.2, -0.15) is 13.2 Å². The highest BCUT2D eigenvalue weighted by Gasteiger charge is 2.38. The molecule has 200 valence electrons. The van der Waals surface area contributed by atoms with Gasteiger partial charge < -0.3 is 15.1 Å². The molecule has 2 saturated heterocycles. The lowest BCUT2D eigenvalue weighted by Crippen LogP contribution is -2.52. The van der Waals surface area contributed by atoms with Crippen LogP contribution in [0.2, 0.25) is 5.02 Å². The number of halogens is 4.